The van der Waals surface area contributed by atoms with Gasteiger partial charge < -0.3 is 14.0 Å². The number of benzene rings is 1. The summed E-state index contributed by atoms with van der Waals surface area (Å²) in [6.45, 7) is 0. The summed E-state index contributed by atoms with van der Waals surface area (Å²) in [7, 11) is -0.998. The molecular formula is C16H14N2O6S2. The number of hydrogen-bond donors (Lipinski definition) is 1. The Kier molecular flexibility index (Phi) is 4.96. The quantitative estimate of drug-likeness (QED) is 0.640. The standard InChI is InChI=1S/C16H14N2O6S2/c1-22-11-5-3-10(4-6-11)18-26(20,21)15-8-7-14(25-15)13-9-12(17-24-13)16(19)23-2/h3-9,18H,1-2H3. The number of nitrogens with one attached hydrogen (secondary N) is 1. The Hall–Kier alpha value is -2.85. The van der Waals surface area contributed by atoms with E-state index in [-0.39, 0.29) is 15.7 Å². The van der Waals surface area contributed by atoms with Crippen molar-refractivity contribution in [1.29, 1.82) is 0 Å². The molecule has 136 valence electrons. The Morgan fingerprint density at radius 3 is 2.54 bits per heavy atom. The second kappa shape index (κ2) is 7.18. The van der Waals surface area contributed by atoms with E-state index in [1.54, 1.807) is 30.3 Å². The van der Waals surface area contributed by atoms with E-state index >= 15 is 0 Å². The molecule has 0 bridgehead atoms. The highest BCUT2D eigenvalue weighted by Gasteiger charge is 2.20. The van der Waals surface area contributed by atoms with Crippen molar-refractivity contribution in [3.05, 3.63) is 48.2 Å². The zero-order valence-corrected chi connectivity index (χ0v) is 15.4. The number of aromatic nitrogens is 1. The number of carbonyl (C=O) groups excluding carboxylic acids is 1. The lowest BCUT2D eigenvalue weighted by Crippen LogP contribution is -2.11. The molecule has 0 aliphatic carbocycles. The molecule has 0 fully saturated rings. The van der Waals surface area contributed by atoms with Gasteiger partial charge in [0.2, 0.25) is 0 Å². The second-order valence-corrected chi connectivity index (χ2v) is 8.01. The highest BCUT2D eigenvalue weighted by Crippen LogP contribution is 2.32. The van der Waals surface area contributed by atoms with E-state index in [0.717, 1.165) is 11.3 Å². The first-order valence-electron chi connectivity index (χ1n) is 7.25. The molecule has 0 amide bonds. The molecule has 3 aromatic rings. The summed E-state index contributed by atoms with van der Waals surface area (Å²) in [6.07, 6.45) is 0. The number of rotatable bonds is 6. The zero-order chi connectivity index (χ0) is 18.7. The lowest BCUT2D eigenvalue weighted by Gasteiger charge is -2.06. The van der Waals surface area contributed by atoms with E-state index < -0.39 is 16.0 Å². The molecule has 1 N–H and O–H groups in total. The third kappa shape index (κ3) is 3.70. The van der Waals surface area contributed by atoms with Crippen molar-refractivity contribution in [3.8, 4) is 16.4 Å². The zero-order valence-electron chi connectivity index (χ0n) is 13.8. The van der Waals surface area contributed by atoms with Gasteiger partial charge in [0.05, 0.1) is 19.1 Å². The minimum atomic E-state index is -3.76. The molecule has 3 rings (SSSR count). The van der Waals surface area contributed by atoms with Crippen LogP contribution in [0.4, 0.5) is 5.69 Å². The molecule has 0 aliphatic rings. The average Bonchev–Trinajstić information content (AvgIpc) is 3.31. The summed E-state index contributed by atoms with van der Waals surface area (Å²) in [5.41, 5.74) is 0.421. The smallest absolute Gasteiger partial charge is 0.360 e. The van der Waals surface area contributed by atoms with Crippen LogP contribution in [0.1, 0.15) is 10.5 Å². The monoisotopic (exact) mass is 394 g/mol. The topological polar surface area (TPSA) is 108 Å². The summed E-state index contributed by atoms with van der Waals surface area (Å²) in [4.78, 5) is 11.9. The summed E-state index contributed by atoms with van der Waals surface area (Å²) >= 11 is 0.991. The van der Waals surface area contributed by atoms with Gasteiger partial charge in [-0.3, -0.25) is 4.72 Å². The van der Waals surface area contributed by atoms with E-state index in [1.165, 1.54) is 26.4 Å². The van der Waals surface area contributed by atoms with Crippen molar-refractivity contribution < 1.29 is 27.2 Å². The average molecular weight is 394 g/mol. The largest absolute Gasteiger partial charge is 0.497 e. The maximum atomic E-state index is 12.5. The van der Waals surface area contributed by atoms with Crippen LogP contribution in [-0.4, -0.2) is 33.8 Å². The second-order valence-electron chi connectivity index (χ2n) is 5.02. The predicted octanol–water partition coefficient (Wildman–Crippen LogP) is 3.00. The van der Waals surface area contributed by atoms with Gasteiger partial charge in [-0.15, -0.1) is 11.3 Å². The van der Waals surface area contributed by atoms with E-state index in [1.807, 2.05) is 0 Å². The van der Waals surface area contributed by atoms with Crippen LogP contribution in [0.3, 0.4) is 0 Å². The van der Waals surface area contributed by atoms with Crippen molar-refractivity contribution in [2.75, 3.05) is 18.9 Å². The van der Waals surface area contributed by atoms with Crippen LogP contribution in [0.15, 0.2) is 51.2 Å². The molecule has 0 atom stereocenters. The molecule has 2 aromatic heterocycles. The number of sulfonamides is 1. The van der Waals surface area contributed by atoms with Gasteiger partial charge in [0, 0.05) is 11.8 Å². The van der Waals surface area contributed by atoms with Gasteiger partial charge in [-0.1, -0.05) is 5.16 Å². The van der Waals surface area contributed by atoms with Crippen LogP contribution in [0.2, 0.25) is 0 Å². The normalized spacial score (nSPS) is 11.2. The predicted molar refractivity (Wildman–Crippen MR) is 95.0 cm³/mol. The SMILES string of the molecule is COC(=O)c1cc(-c2ccc(S(=O)(=O)Nc3ccc(OC)cc3)s2)on1. The van der Waals surface area contributed by atoms with Crippen LogP contribution in [0.25, 0.3) is 10.6 Å². The molecule has 0 spiro atoms. The lowest BCUT2D eigenvalue weighted by atomic mass is 10.3. The lowest BCUT2D eigenvalue weighted by molar-refractivity contribution is 0.0589. The highest BCUT2D eigenvalue weighted by molar-refractivity contribution is 7.94. The van der Waals surface area contributed by atoms with Gasteiger partial charge in [0.1, 0.15) is 9.96 Å². The highest BCUT2D eigenvalue weighted by atomic mass is 32.2. The molecule has 26 heavy (non-hydrogen) atoms. The maximum absolute atomic E-state index is 12.5. The van der Waals surface area contributed by atoms with Crippen LogP contribution in [0, 0.1) is 0 Å². The first-order chi connectivity index (χ1) is 12.4. The first-order valence-corrected chi connectivity index (χ1v) is 9.55. The van der Waals surface area contributed by atoms with Gasteiger partial charge in [0.15, 0.2) is 11.5 Å². The number of esters is 1. The molecule has 8 nitrogen and oxygen atoms in total. The summed E-state index contributed by atoms with van der Waals surface area (Å²) in [5, 5.41) is 3.60. The molecule has 10 heteroatoms. The minimum Gasteiger partial charge on any atom is -0.497 e. The number of carbonyl (C=O) groups is 1. The number of thiophene rings is 1. The molecule has 0 saturated carbocycles. The molecule has 2 heterocycles. The molecule has 0 radical (unpaired) electrons. The van der Waals surface area contributed by atoms with E-state index in [9.17, 15) is 13.2 Å². The Balaban J connectivity index is 1.81. The van der Waals surface area contributed by atoms with Crippen LogP contribution >= 0.6 is 11.3 Å². The van der Waals surface area contributed by atoms with Crippen LogP contribution < -0.4 is 9.46 Å². The van der Waals surface area contributed by atoms with Crippen LogP contribution in [0.5, 0.6) is 5.75 Å². The fraction of sp³-hybridized carbons (Fsp3) is 0.125. The fourth-order valence-electron chi connectivity index (χ4n) is 2.05. The van der Waals surface area contributed by atoms with Crippen molar-refractivity contribution >= 4 is 33.0 Å². The Bertz CT molecular complexity index is 1020. The fourth-order valence-corrected chi connectivity index (χ4v) is 4.37. The molecule has 0 unspecified atom stereocenters. The van der Waals surface area contributed by atoms with Gasteiger partial charge in [-0.2, -0.15) is 0 Å². The Morgan fingerprint density at radius 2 is 1.88 bits per heavy atom. The van der Waals surface area contributed by atoms with Crippen molar-refractivity contribution in [3.63, 3.8) is 0 Å². The molecule has 1 aromatic carbocycles. The summed E-state index contributed by atoms with van der Waals surface area (Å²) in [6, 6.07) is 10.9. The number of nitrogens with zero attached hydrogens (tertiary/aromatic N) is 1. The van der Waals surface area contributed by atoms with Crippen molar-refractivity contribution in [2.24, 2.45) is 0 Å². The van der Waals surface area contributed by atoms with Crippen LogP contribution in [-0.2, 0) is 14.8 Å². The van der Waals surface area contributed by atoms with E-state index in [4.69, 9.17) is 9.26 Å². The third-order valence-electron chi connectivity index (χ3n) is 3.34. The van der Waals surface area contributed by atoms with Gasteiger partial charge in [0.25, 0.3) is 10.0 Å². The van der Waals surface area contributed by atoms with Crippen molar-refractivity contribution in [1.82, 2.24) is 5.16 Å². The molecule has 0 saturated heterocycles. The Labute approximate surface area is 153 Å². The molecule has 0 aliphatic heterocycles. The number of hydrogen-bond acceptors (Lipinski definition) is 8. The summed E-state index contributed by atoms with van der Waals surface area (Å²) < 4.78 is 42.3. The Morgan fingerprint density at radius 1 is 1.15 bits per heavy atom. The van der Waals surface area contributed by atoms with E-state index in [2.05, 4.69) is 14.6 Å². The van der Waals surface area contributed by atoms with E-state index in [0.29, 0.717) is 16.3 Å². The third-order valence-corrected chi connectivity index (χ3v) is 6.31. The minimum absolute atomic E-state index is 0.0108. The van der Waals surface area contributed by atoms with Gasteiger partial charge in [-0.25, -0.2) is 13.2 Å². The number of methoxy groups -OCH3 is 2. The summed E-state index contributed by atoms with van der Waals surface area (Å²) in [5.74, 6) is 0.268. The van der Waals surface area contributed by atoms with Gasteiger partial charge in [-0.05, 0) is 36.4 Å². The van der Waals surface area contributed by atoms with Gasteiger partial charge >= 0.3 is 5.97 Å². The number of ether oxygens (including phenoxy) is 2. The maximum Gasteiger partial charge on any atom is 0.360 e. The number of anilines is 1. The molecular weight excluding hydrogens is 380 g/mol. The van der Waals surface area contributed by atoms with Crippen molar-refractivity contribution in [2.45, 2.75) is 4.21 Å². The first kappa shape index (κ1) is 18.0.